The van der Waals surface area contributed by atoms with Gasteiger partial charge in [0.1, 0.15) is 0 Å². The summed E-state index contributed by atoms with van der Waals surface area (Å²) >= 11 is 1.47. The zero-order valence-electron chi connectivity index (χ0n) is 16.1. The number of anilines is 2. The van der Waals surface area contributed by atoms with Crippen LogP contribution in [0.3, 0.4) is 0 Å². The lowest BCUT2D eigenvalue weighted by Crippen LogP contribution is -2.40. The van der Waals surface area contributed by atoms with E-state index in [0.717, 1.165) is 41.9 Å². The maximum absolute atomic E-state index is 12.4. The third-order valence-corrected chi connectivity index (χ3v) is 6.03. The van der Waals surface area contributed by atoms with Crippen LogP contribution in [0, 0.1) is 19.8 Å². The van der Waals surface area contributed by atoms with Crippen molar-refractivity contribution >= 4 is 34.0 Å². The van der Waals surface area contributed by atoms with E-state index in [-0.39, 0.29) is 17.7 Å². The van der Waals surface area contributed by atoms with E-state index in [1.807, 2.05) is 37.4 Å². The van der Waals surface area contributed by atoms with Crippen LogP contribution in [0.5, 0.6) is 0 Å². The highest BCUT2D eigenvalue weighted by atomic mass is 32.1. The quantitative estimate of drug-likeness (QED) is 0.856. The van der Waals surface area contributed by atoms with Crippen molar-refractivity contribution in [2.24, 2.45) is 11.7 Å². The molecule has 0 aliphatic carbocycles. The van der Waals surface area contributed by atoms with E-state index in [1.54, 1.807) is 11.8 Å². The minimum Gasteiger partial charge on any atom is -0.369 e. The van der Waals surface area contributed by atoms with Gasteiger partial charge < -0.3 is 5.73 Å². The van der Waals surface area contributed by atoms with Gasteiger partial charge in [-0.1, -0.05) is 12.1 Å². The fourth-order valence-electron chi connectivity index (χ4n) is 3.52. The number of rotatable bonds is 5. The Balaban J connectivity index is 1.79. The van der Waals surface area contributed by atoms with Gasteiger partial charge in [-0.25, -0.2) is 4.98 Å². The number of nitrogens with two attached hydrogens (primary N) is 1. The molecule has 1 aliphatic rings. The molecule has 2 aromatic rings. The Morgan fingerprint density at radius 2 is 2.15 bits per heavy atom. The monoisotopic (exact) mass is 386 g/mol. The van der Waals surface area contributed by atoms with Gasteiger partial charge in [0, 0.05) is 25.4 Å². The fourth-order valence-corrected chi connectivity index (χ4v) is 4.39. The minimum atomic E-state index is -0.226. The summed E-state index contributed by atoms with van der Waals surface area (Å²) in [6.07, 6.45) is 1.82. The Morgan fingerprint density at radius 3 is 2.85 bits per heavy atom. The molecule has 0 radical (unpaired) electrons. The second-order valence-electron chi connectivity index (χ2n) is 7.17. The zero-order chi connectivity index (χ0) is 19.6. The first kappa shape index (κ1) is 19.5. The van der Waals surface area contributed by atoms with E-state index in [1.165, 1.54) is 11.3 Å². The summed E-state index contributed by atoms with van der Waals surface area (Å²) in [5, 5.41) is 2.67. The summed E-state index contributed by atoms with van der Waals surface area (Å²) in [6.45, 7) is 7.90. The largest absolute Gasteiger partial charge is 0.369 e. The molecule has 2 N–H and O–H groups in total. The number of likely N-dealkylation sites (tertiary alicyclic amines) is 1. The molecule has 1 fully saturated rings. The van der Waals surface area contributed by atoms with Crippen LogP contribution >= 0.6 is 11.3 Å². The van der Waals surface area contributed by atoms with Crippen LogP contribution in [0.2, 0.25) is 0 Å². The molecule has 0 saturated carbocycles. The Labute approximate surface area is 164 Å². The Bertz CT molecular complexity index is 848. The molecule has 1 aliphatic heterocycles. The Kier molecular flexibility index (Phi) is 5.92. The van der Waals surface area contributed by atoms with Crippen molar-refractivity contribution in [3.05, 3.63) is 40.4 Å². The number of benzene rings is 1. The number of piperidine rings is 1. The first-order valence-electron chi connectivity index (χ1n) is 9.19. The summed E-state index contributed by atoms with van der Waals surface area (Å²) in [5.74, 6) is -0.367. The number of carbonyl (C=O) groups excluding carboxylic acids is 2. The van der Waals surface area contributed by atoms with Crippen molar-refractivity contribution in [1.29, 1.82) is 0 Å². The lowest BCUT2D eigenvalue weighted by Gasteiger charge is -2.30. The average Bonchev–Trinajstić information content (AvgIpc) is 3.06. The van der Waals surface area contributed by atoms with Crippen molar-refractivity contribution < 1.29 is 9.59 Å². The standard InChI is InChI=1S/C20H26N4O2S/c1-13-6-4-8-18(14(13)2)24(15(3)25)20-22-17(12-27-20)11-23-9-5-7-16(10-23)19(21)26/h4,6,8,12,16H,5,7,9-11H2,1-3H3,(H2,21,26)/t16-/m0/s1. The highest BCUT2D eigenvalue weighted by Crippen LogP contribution is 2.32. The smallest absolute Gasteiger partial charge is 0.230 e. The van der Waals surface area contributed by atoms with Gasteiger partial charge in [0.2, 0.25) is 11.8 Å². The number of aryl methyl sites for hydroxylation is 1. The summed E-state index contributed by atoms with van der Waals surface area (Å²) < 4.78 is 0. The summed E-state index contributed by atoms with van der Waals surface area (Å²) in [6, 6.07) is 5.95. The number of hydrogen-bond donors (Lipinski definition) is 1. The third-order valence-electron chi connectivity index (χ3n) is 5.16. The van der Waals surface area contributed by atoms with Crippen LogP contribution in [0.4, 0.5) is 10.8 Å². The molecular formula is C20H26N4O2S. The molecule has 2 amide bonds. The Hall–Kier alpha value is -2.25. The van der Waals surface area contributed by atoms with Gasteiger partial charge in [-0.3, -0.25) is 19.4 Å². The summed E-state index contributed by atoms with van der Waals surface area (Å²) in [5.41, 5.74) is 9.47. The number of hydrogen-bond acceptors (Lipinski definition) is 5. The van der Waals surface area contributed by atoms with Crippen LogP contribution < -0.4 is 10.6 Å². The molecule has 144 valence electrons. The number of thiazole rings is 1. The number of carbonyl (C=O) groups is 2. The maximum Gasteiger partial charge on any atom is 0.230 e. The molecular weight excluding hydrogens is 360 g/mol. The van der Waals surface area contributed by atoms with E-state index in [9.17, 15) is 9.59 Å². The first-order chi connectivity index (χ1) is 12.9. The van der Waals surface area contributed by atoms with E-state index in [2.05, 4.69) is 4.90 Å². The van der Waals surface area contributed by atoms with Gasteiger partial charge in [0.15, 0.2) is 5.13 Å². The lowest BCUT2D eigenvalue weighted by molar-refractivity contribution is -0.123. The van der Waals surface area contributed by atoms with Crippen molar-refractivity contribution in [3.8, 4) is 0 Å². The molecule has 27 heavy (non-hydrogen) atoms. The fraction of sp³-hybridized carbons (Fsp3) is 0.450. The average molecular weight is 387 g/mol. The molecule has 2 heterocycles. The van der Waals surface area contributed by atoms with Crippen molar-refractivity contribution in [2.45, 2.75) is 40.2 Å². The van der Waals surface area contributed by atoms with Gasteiger partial charge in [-0.15, -0.1) is 11.3 Å². The van der Waals surface area contributed by atoms with E-state index < -0.39 is 0 Å². The normalized spacial score (nSPS) is 17.7. The van der Waals surface area contributed by atoms with Crippen LogP contribution in [-0.2, 0) is 16.1 Å². The molecule has 1 aromatic heterocycles. The predicted octanol–water partition coefficient (Wildman–Crippen LogP) is 3.14. The first-order valence-corrected chi connectivity index (χ1v) is 10.1. The van der Waals surface area contributed by atoms with E-state index in [4.69, 9.17) is 10.7 Å². The predicted molar refractivity (Wildman–Crippen MR) is 108 cm³/mol. The zero-order valence-corrected chi connectivity index (χ0v) is 16.9. The molecule has 0 bridgehead atoms. The van der Waals surface area contributed by atoms with Crippen LogP contribution in [0.25, 0.3) is 0 Å². The van der Waals surface area contributed by atoms with Crippen molar-refractivity contribution in [2.75, 3.05) is 18.0 Å². The number of primary amides is 1. The molecule has 1 aromatic carbocycles. The number of aromatic nitrogens is 1. The molecule has 0 spiro atoms. The van der Waals surface area contributed by atoms with E-state index in [0.29, 0.717) is 18.2 Å². The SMILES string of the molecule is CC(=O)N(c1nc(CN2CCC[C@H](C(N)=O)C2)cs1)c1cccc(C)c1C. The van der Waals surface area contributed by atoms with Crippen LogP contribution in [-0.4, -0.2) is 34.8 Å². The van der Waals surface area contributed by atoms with Gasteiger partial charge in [-0.2, -0.15) is 0 Å². The number of amides is 2. The molecule has 1 atom stereocenters. The molecule has 7 heteroatoms. The maximum atomic E-state index is 12.4. The molecule has 3 rings (SSSR count). The highest BCUT2D eigenvalue weighted by Gasteiger charge is 2.25. The van der Waals surface area contributed by atoms with Gasteiger partial charge >= 0.3 is 0 Å². The molecule has 0 unspecified atom stereocenters. The summed E-state index contributed by atoms with van der Waals surface area (Å²) in [7, 11) is 0. The minimum absolute atomic E-state index is 0.0589. The Morgan fingerprint density at radius 1 is 1.37 bits per heavy atom. The summed E-state index contributed by atoms with van der Waals surface area (Å²) in [4.78, 5) is 32.4. The third kappa shape index (κ3) is 4.36. The van der Waals surface area contributed by atoms with Gasteiger partial charge in [0.25, 0.3) is 0 Å². The van der Waals surface area contributed by atoms with Gasteiger partial charge in [-0.05, 0) is 50.4 Å². The second kappa shape index (κ2) is 8.19. The van der Waals surface area contributed by atoms with Crippen molar-refractivity contribution in [1.82, 2.24) is 9.88 Å². The number of nitrogens with zero attached hydrogens (tertiary/aromatic N) is 3. The van der Waals surface area contributed by atoms with Crippen LogP contribution in [0.15, 0.2) is 23.6 Å². The van der Waals surface area contributed by atoms with Crippen LogP contribution in [0.1, 0.15) is 36.6 Å². The lowest BCUT2D eigenvalue weighted by atomic mass is 9.97. The topological polar surface area (TPSA) is 79.5 Å². The molecule has 1 saturated heterocycles. The van der Waals surface area contributed by atoms with Crippen molar-refractivity contribution in [3.63, 3.8) is 0 Å². The molecule has 6 nitrogen and oxygen atoms in total. The van der Waals surface area contributed by atoms with E-state index >= 15 is 0 Å². The van der Waals surface area contributed by atoms with Gasteiger partial charge in [0.05, 0.1) is 17.3 Å². The highest BCUT2D eigenvalue weighted by molar-refractivity contribution is 7.14. The second-order valence-corrected chi connectivity index (χ2v) is 8.01.